The quantitative estimate of drug-likeness (QED) is 0.653. The van der Waals surface area contributed by atoms with Gasteiger partial charge in [-0.05, 0) is 28.3 Å². The molecular weight excluding hydrogens is 372 g/mol. The van der Waals surface area contributed by atoms with Crippen molar-refractivity contribution < 1.29 is 9.59 Å². The number of amides is 2. The fourth-order valence-corrected chi connectivity index (χ4v) is 4.84. The number of carbonyl (C=O) groups is 2. The van der Waals surface area contributed by atoms with E-state index in [2.05, 4.69) is 24.3 Å². The lowest BCUT2D eigenvalue weighted by molar-refractivity contribution is -0.139. The van der Waals surface area contributed by atoms with E-state index in [4.69, 9.17) is 0 Å². The molecule has 2 aliphatic heterocycles. The Bertz CT molecular complexity index is 1110. The fraction of sp³-hybridized carbons (Fsp3) is 0.231. The molecule has 2 amide bonds. The molecule has 0 aromatic heterocycles. The highest BCUT2D eigenvalue weighted by Crippen LogP contribution is 2.41. The Morgan fingerprint density at radius 1 is 0.833 bits per heavy atom. The molecule has 0 spiro atoms. The predicted molar refractivity (Wildman–Crippen MR) is 117 cm³/mol. The number of anilines is 1. The van der Waals surface area contributed by atoms with Crippen molar-refractivity contribution in [2.24, 2.45) is 0 Å². The first-order chi connectivity index (χ1) is 14.6. The van der Waals surface area contributed by atoms with Crippen molar-refractivity contribution in [2.75, 3.05) is 11.4 Å². The molecule has 4 nitrogen and oxygen atoms in total. The second kappa shape index (κ2) is 7.45. The Labute approximate surface area is 176 Å². The molecule has 0 aliphatic carbocycles. The average molecular weight is 396 g/mol. The molecular formula is C26H24N2O2. The van der Waals surface area contributed by atoms with Crippen LogP contribution in [0.2, 0.25) is 0 Å². The zero-order chi connectivity index (χ0) is 20.7. The van der Waals surface area contributed by atoms with Crippen LogP contribution in [-0.2, 0) is 22.6 Å². The molecule has 0 bridgehead atoms. The van der Waals surface area contributed by atoms with Crippen LogP contribution in [0.15, 0.2) is 78.9 Å². The first-order valence-corrected chi connectivity index (χ1v) is 10.4. The number of nitrogens with zero attached hydrogens (tertiary/aromatic N) is 2. The minimum Gasteiger partial charge on any atom is -0.326 e. The van der Waals surface area contributed by atoms with Crippen LogP contribution in [0.3, 0.4) is 0 Å². The number of fused-ring (bicyclic) bond motifs is 2. The third-order valence-electron chi connectivity index (χ3n) is 6.37. The van der Waals surface area contributed by atoms with Crippen molar-refractivity contribution in [1.82, 2.24) is 4.90 Å². The van der Waals surface area contributed by atoms with E-state index in [1.54, 1.807) is 11.8 Å². The van der Waals surface area contributed by atoms with Gasteiger partial charge in [-0.3, -0.25) is 9.59 Å². The van der Waals surface area contributed by atoms with Crippen LogP contribution in [0.1, 0.15) is 35.1 Å². The SMILES string of the molecule is CC(=O)N1Cc2ccccc2CC1C(=O)N1CC(c2ccccc2)c2ccccc21. The summed E-state index contributed by atoms with van der Waals surface area (Å²) in [6, 6.07) is 26.1. The number of rotatable bonds is 2. The first-order valence-electron chi connectivity index (χ1n) is 10.4. The van der Waals surface area contributed by atoms with Crippen molar-refractivity contribution >= 4 is 17.5 Å². The maximum atomic E-state index is 13.8. The number of hydrogen-bond acceptors (Lipinski definition) is 2. The van der Waals surface area contributed by atoms with Gasteiger partial charge in [-0.25, -0.2) is 0 Å². The van der Waals surface area contributed by atoms with Crippen LogP contribution in [0.5, 0.6) is 0 Å². The van der Waals surface area contributed by atoms with Crippen molar-refractivity contribution in [3.8, 4) is 0 Å². The average Bonchev–Trinajstić information content (AvgIpc) is 3.18. The monoisotopic (exact) mass is 396 g/mol. The molecule has 3 aromatic rings. The molecule has 0 saturated carbocycles. The molecule has 3 aromatic carbocycles. The topological polar surface area (TPSA) is 40.6 Å². The molecule has 0 fully saturated rings. The molecule has 2 aliphatic rings. The molecule has 0 N–H and O–H groups in total. The Kier molecular flexibility index (Phi) is 4.62. The Morgan fingerprint density at radius 2 is 1.50 bits per heavy atom. The van der Waals surface area contributed by atoms with Gasteiger partial charge in [0.1, 0.15) is 6.04 Å². The number of para-hydroxylation sites is 1. The van der Waals surface area contributed by atoms with Gasteiger partial charge in [0.15, 0.2) is 0 Å². The van der Waals surface area contributed by atoms with Gasteiger partial charge in [-0.15, -0.1) is 0 Å². The highest BCUT2D eigenvalue weighted by Gasteiger charge is 2.40. The molecule has 5 rings (SSSR count). The molecule has 4 heteroatoms. The maximum absolute atomic E-state index is 13.8. The fourth-order valence-electron chi connectivity index (χ4n) is 4.84. The Hall–Kier alpha value is -3.40. The van der Waals surface area contributed by atoms with E-state index in [0.717, 1.165) is 16.8 Å². The third-order valence-corrected chi connectivity index (χ3v) is 6.37. The van der Waals surface area contributed by atoms with E-state index in [1.807, 2.05) is 59.5 Å². The summed E-state index contributed by atoms with van der Waals surface area (Å²) in [4.78, 5) is 29.8. The normalized spacial score (nSPS) is 19.9. The standard InChI is InChI=1S/C26H24N2O2/c1-18(29)27-16-21-12-6-5-11-20(21)15-25(27)26(30)28-17-23(19-9-3-2-4-10-19)22-13-7-8-14-24(22)28/h2-14,23,25H,15-17H2,1H3. The van der Waals surface area contributed by atoms with Gasteiger partial charge >= 0.3 is 0 Å². The van der Waals surface area contributed by atoms with E-state index in [9.17, 15) is 9.59 Å². The van der Waals surface area contributed by atoms with Gasteiger partial charge in [-0.1, -0.05) is 72.8 Å². The lowest BCUT2D eigenvalue weighted by Gasteiger charge is -2.37. The smallest absolute Gasteiger partial charge is 0.250 e. The zero-order valence-corrected chi connectivity index (χ0v) is 17.0. The highest BCUT2D eigenvalue weighted by atomic mass is 16.2. The molecule has 0 radical (unpaired) electrons. The summed E-state index contributed by atoms with van der Waals surface area (Å²) < 4.78 is 0. The van der Waals surface area contributed by atoms with Gasteiger partial charge in [0.05, 0.1) is 0 Å². The molecule has 0 saturated heterocycles. The summed E-state index contributed by atoms with van der Waals surface area (Å²) in [7, 11) is 0. The number of hydrogen-bond donors (Lipinski definition) is 0. The van der Waals surface area contributed by atoms with Crippen LogP contribution >= 0.6 is 0 Å². The van der Waals surface area contributed by atoms with Crippen molar-refractivity contribution in [2.45, 2.75) is 31.8 Å². The summed E-state index contributed by atoms with van der Waals surface area (Å²) in [6.07, 6.45) is 0.559. The lowest BCUT2D eigenvalue weighted by atomic mass is 9.93. The molecule has 150 valence electrons. The molecule has 2 atom stereocenters. The second-order valence-corrected chi connectivity index (χ2v) is 8.11. The van der Waals surface area contributed by atoms with Crippen molar-refractivity contribution in [3.63, 3.8) is 0 Å². The number of carbonyl (C=O) groups excluding carboxylic acids is 2. The minimum atomic E-state index is -0.472. The van der Waals surface area contributed by atoms with Gasteiger partial charge < -0.3 is 9.80 Å². The molecule has 2 unspecified atom stereocenters. The van der Waals surface area contributed by atoms with Crippen molar-refractivity contribution in [1.29, 1.82) is 0 Å². The van der Waals surface area contributed by atoms with Gasteiger partial charge in [0.25, 0.3) is 0 Å². The van der Waals surface area contributed by atoms with Crippen LogP contribution in [-0.4, -0.2) is 29.3 Å². The highest BCUT2D eigenvalue weighted by molar-refractivity contribution is 6.01. The van der Waals surface area contributed by atoms with E-state index in [1.165, 1.54) is 11.1 Å². The van der Waals surface area contributed by atoms with Gasteiger partial charge in [0.2, 0.25) is 11.8 Å². The summed E-state index contributed by atoms with van der Waals surface area (Å²) in [5, 5.41) is 0. The van der Waals surface area contributed by atoms with E-state index in [-0.39, 0.29) is 17.7 Å². The summed E-state index contributed by atoms with van der Waals surface area (Å²) in [5.74, 6) is 0.0912. The second-order valence-electron chi connectivity index (χ2n) is 8.11. The van der Waals surface area contributed by atoms with Gasteiger partial charge in [-0.2, -0.15) is 0 Å². The van der Waals surface area contributed by atoms with E-state index < -0.39 is 6.04 Å². The Morgan fingerprint density at radius 3 is 2.27 bits per heavy atom. The zero-order valence-electron chi connectivity index (χ0n) is 17.0. The third kappa shape index (κ3) is 3.09. The minimum absolute atomic E-state index is 0.00517. The number of benzene rings is 3. The Balaban J connectivity index is 1.51. The van der Waals surface area contributed by atoms with Crippen LogP contribution < -0.4 is 4.90 Å². The van der Waals surface area contributed by atoms with Crippen LogP contribution in [0.4, 0.5) is 5.69 Å². The van der Waals surface area contributed by atoms with E-state index in [0.29, 0.717) is 19.5 Å². The predicted octanol–water partition coefficient (Wildman–Crippen LogP) is 4.14. The first kappa shape index (κ1) is 18.6. The largest absolute Gasteiger partial charge is 0.326 e. The van der Waals surface area contributed by atoms with Crippen molar-refractivity contribution in [3.05, 3.63) is 101 Å². The summed E-state index contributed by atoms with van der Waals surface area (Å²) in [5.41, 5.74) is 5.61. The molecule has 30 heavy (non-hydrogen) atoms. The lowest BCUT2D eigenvalue weighted by Crippen LogP contribution is -2.53. The van der Waals surface area contributed by atoms with Gasteiger partial charge in [0, 0.05) is 38.0 Å². The maximum Gasteiger partial charge on any atom is 0.250 e. The summed E-state index contributed by atoms with van der Waals surface area (Å²) >= 11 is 0. The van der Waals surface area contributed by atoms with Crippen LogP contribution in [0.25, 0.3) is 0 Å². The van der Waals surface area contributed by atoms with E-state index >= 15 is 0 Å². The molecule has 2 heterocycles. The summed E-state index contributed by atoms with van der Waals surface area (Å²) in [6.45, 7) is 2.64. The van der Waals surface area contributed by atoms with Crippen LogP contribution in [0, 0.1) is 0 Å².